The lowest BCUT2D eigenvalue weighted by atomic mass is 9.86. The second-order valence-corrected chi connectivity index (χ2v) is 4.22. The Balaban J connectivity index is 4.31. The predicted molar refractivity (Wildman–Crippen MR) is 71.3 cm³/mol. The third kappa shape index (κ3) is 6.39. The molecule has 0 saturated heterocycles. The van der Waals surface area contributed by atoms with Gasteiger partial charge in [-0.1, -0.05) is 63.6 Å². The third-order valence-electron chi connectivity index (χ3n) is 2.80. The van der Waals surface area contributed by atoms with Crippen molar-refractivity contribution in [3.63, 3.8) is 0 Å². The van der Waals surface area contributed by atoms with Gasteiger partial charge in [0.1, 0.15) is 5.78 Å². The van der Waals surface area contributed by atoms with Crippen molar-refractivity contribution >= 4 is 5.78 Å². The summed E-state index contributed by atoms with van der Waals surface area (Å²) in [6, 6.07) is 0. The van der Waals surface area contributed by atoms with E-state index in [2.05, 4.69) is 26.5 Å². The first-order chi connectivity index (χ1) is 7.63. The van der Waals surface area contributed by atoms with Crippen LogP contribution < -0.4 is 0 Å². The SMILES string of the molecule is C=C/C=C\C=C/C(C)C(CCCC)C(C)=O. The molecule has 0 aliphatic heterocycles. The van der Waals surface area contributed by atoms with Gasteiger partial charge in [0, 0.05) is 5.92 Å². The largest absolute Gasteiger partial charge is 0.300 e. The lowest BCUT2D eigenvalue weighted by molar-refractivity contribution is -0.121. The van der Waals surface area contributed by atoms with E-state index in [1.54, 1.807) is 13.0 Å². The average Bonchev–Trinajstić information content (AvgIpc) is 2.24. The van der Waals surface area contributed by atoms with Gasteiger partial charge in [0.25, 0.3) is 0 Å². The third-order valence-corrected chi connectivity index (χ3v) is 2.80. The van der Waals surface area contributed by atoms with Gasteiger partial charge in [-0.15, -0.1) is 0 Å². The Morgan fingerprint density at radius 3 is 2.50 bits per heavy atom. The van der Waals surface area contributed by atoms with E-state index in [1.165, 1.54) is 0 Å². The fourth-order valence-corrected chi connectivity index (χ4v) is 1.78. The van der Waals surface area contributed by atoms with Crippen LogP contribution in [0, 0.1) is 11.8 Å². The maximum atomic E-state index is 11.5. The van der Waals surface area contributed by atoms with Gasteiger partial charge in [0.05, 0.1) is 0 Å². The summed E-state index contributed by atoms with van der Waals surface area (Å²) in [4.78, 5) is 11.5. The van der Waals surface area contributed by atoms with Gasteiger partial charge in [-0.05, 0) is 19.3 Å². The maximum Gasteiger partial charge on any atom is 0.133 e. The first kappa shape index (κ1) is 14.9. The van der Waals surface area contributed by atoms with Crippen LogP contribution in [-0.2, 0) is 4.79 Å². The van der Waals surface area contributed by atoms with E-state index in [-0.39, 0.29) is 5.92 Å². The van der Waals surface area contributed by atoms with E-state index in [0.717, 1.165) is 19.3 Å². The summed E-state index contributed by atoms with van der Waals surface area (Å²) in [6.07, 6.45) is 13.0. The van der Waals surface area contributed by atoms with E-state index < -0.39 is 0 Å². The maximum absolute atomic E-state index is 11.5. The van der Waals surface area contributed by atoms with Crippen LogP contribution in [0.4, 0.5) is 0 Å². The normalized spacial score (nSPS) is 15.4. The summed E-state index contributed by atoms with van der Waals surface area (Å²) in [7, 11) is 0. The quantitative estimate of drug-likeness (QED) is 0.557. The first-order valence-electron chi connectivity index (χ1n) is 6.09. The molecule has 0 amide bonds. The van der Waals surface area contributed by atoms with E-state index in [9.17, 15) is 4.79 Å². The van der Waals surface area contributed by atoms with Gasteiger partial charge < -0.3 is 0 Å². The van der Waals surface area contributed by atoms with Gasteiger partial charge in [-0.25, -0.2) is 0 Å². The molecule has 90 valence electrons. The zero-order chi connectivity index (χ0) is 12.4. The Morgan fingerprint density at radius 2 is 2.00 bits per heavy atom. The highest BCUT2D eigenvalue weighted by Crippen LogP contribution is 2.20. The monoisotopic (exact) mass is 220 g/mol. The van der Waals surface area contributed by atoms with E-state index in [1.807, 2.05) is 18.2 Å². The lowest BCUT2D eigenvalue weighted by Crippen LogP contribution is -2.18. The predicted octanol–water partition coefficient (Wildman–Crippen LogP) is 4.32. The number of carbonyl (C=O) groups excluding carboxylic acids is 1. The molecule has 16 heavy (non-hydrogen) atoms. The van der Waals surface area contributed by atoms with Crippen LogP contribution in [0.25, 0.3) is 0 Å². The standard InChI is InChI=1S/C15H24O/c1-5-7-9-10-11-13(3)15(14(4)16)12-8-6-2/h5,7,9-11,13,15H,1,6,8,12H2,2-4H3/b9-7-,11-10-. The molecule has 0 aromatic rings. The van der Waals surface area contributed by atoms with Crippen LogP contribution in [0.3, 0.4) is 0 Å². The summed E-state index contributed by atoms with van der Waals surface area (Å²) in [5.41, 5.74) is 0. The highest BCUT2D eigenvalue weighted by Gasteiger charge is 2.18. The van der Waals surface area contributed by atoms with Crippen molar-refractivity contribution in [3.05, 3.63) is 37.0 Å². The van der Waals surface area contributed by atoms with Crippen LogP contribution in [0.2, 0.25) is 0 Å². The fourth-order valence-electron chi connectivity index (χ4n) is 1.78. The van der Waals surface area contributed by atoms with Crippen molar-refractivity contribution in [2.75, 3.05) is 0 Å². The van der Waals surface area contributed by atoms with E-state index in [0.29, 0.717) is 11.7 Å². The number of carbonyl (C=O) groups is 1. The summed E-state index contributed by atoms with van der Waals surface area (Å²) < 4.78 is 0. The Bertz CT molecular complexity index is 261. The number of allylic oxidation sites excluding steroid dienone is 5. The van der Waals surface area contributed by atoms with Crippen molar-refractivity contribution in [1.29, 1.82) is 0 Å². The topological polar surface area (TPSA) is 17.1 Å². The van der Waals surface area contributed by atoms with Crippen molar-refractivity contribution in [2.24, 2.45) is 11.8 Å². The number of hydrogen-bond donors (Lipinski definition) is 0. The minimum absolute atomic E-state index is 0.174. The zero-order valence-corrected chi connectivity index (χ0v) is 10.8. The lowest BCUT2D eigenvalue weighted by Gasteiger charge is -2.18. The molecule has 2 unspecified atom stereocenters. The Labute approximate surface area is 99.9 Å². The molecule has 2 atom stereocenters. The van der Waals surface area contributed by atoms with Crippen molar-refractivity contribution in [2.45, 2.75) is 40.0 Å². The second kappa shape index (κ2) is 9.14. The van der Waals surface area contributed by atoms with Crippen molar-refractivity contribution < 1.29 is 4.79 Å². The van der Waals surface area contributed by atoms with Gasteiger partial charge in [0.2, 0.25) is 0 Å². The first-order valence-corrected chi connectivity index (χ1v) is 6.09. The molecule has 0 spiro atoms. The Kier molecular flexibility index (Phi) is 8.51. The summed E-state index contributed by atoms with van der Waals surface area (Å²) in [5.74, 6) is 0.796. The van der Waals surface area contributed by atoms with Crippen molar-refractivity contribution in [3.8, 4) is 0 Å². The number of rotatable bonds is 8. The average molecular weight is 220 g/mol. The molecule has 0 N–H and O–H groups in total. The Morgan fingerprint density at radius 1 is 1.31 bits per heavy atom. The number of Topliss-reactive ketones (excluding diaryl/α,β-unsaturated/α-hetero) is 1. The number of hydrogen-bond acceptors (Lipinski definition) is 1. The molecule has 0 heterocycles. The fraction of sp³-hybridized carbons (Fsp3) is 0.533. The van der Waals surface area contributed by atoms with E-state index in [4.69, 9.17) is 0 Å². The summed E-state index contributed by atoms with van der Waals surface area (Å²) in [5, 5.41) is 0. The highest BCUT2D eigenvalue weighted by molar-refractivity contribution is 5.78. The molecule has 0 aliphatic carbocycles. The van der Waals surface area contributed by atoms with Crippen LogP contribution in [0.5, 0.6) is 0 Å². The van der Waals surface area contributed by atoms with Gasteiger partial charge >= 0.3 is 0 Å². The minimum atomic E-state index is 0.174. The molecule has 0 fully saturated rings. The molecule has 0 radical (unpaired) electrons. The van der Waals surface area contributed by atoms with Gasteiger partial charge in [-0.3, -0.25) is 4.79 Å². The van der Waals surface area contributed by atoms with Crippen molar-refractivity contribution in [1.82, 2.24) is 0 Å². The second-order valence-electron chi connectivity index (χ2n) is 4.22. The molecular formula is C15H24O. The number of unbranched alkanes of at least 4 members (excludes halogenated alkanes) is 1. The molecule has 0 bridgehead atoms. The Hall–Kier alpha value is -1.11. The molecule has 0 saturated carbocycles. The molecule has 1 heteroatoms. The zero-order valence-electron chi connectivity index (χ0n) is 10.8. The summed E-state index contributed by atoms with van der Waals surface area (Å²) >= 11 is 0. The molecular weight excluding hydrogens is 196 g/mol. The highest BCUT2D eigenvalue weighted by atomic mass is 16.1. The van der Waals surface area contributed by atoms with Crippen LogP contribution >= 0.6 is 0 Å². The minimum Gasteiger partial charge on any atom is -0.300 e. The van der Waals surface area contributed by atoms with Crippen LogP contribution in [-0.4, -0.2) is 5.78 Å². The molecule has 0 aromatic heterocycles. The molecule has 1 nitrogen and oxygen atoms in total. The van der Waals surface area contributed by atoms with Gasteiger partial charge in [0.15, 0.2) is 0 Å². The molecule has 0 aliphatic rings. The molecule has 0 aromatic carbocycles. The van der Waals surface area contributed by atoms with E-state index >= 15 is 0 Å². The molecule has 0 rings (SSSR count). The summed E-state index contributed by atoms with van der Waals surface area (Å²) in [6.45, 7) is 9.57. The van der Waals surface area contributed by atoms with Crippen LogP contribution in [0.1, 0.15) is 40.0 Å². The smallest absolute Gasteiger partial charge is 0.133 e. The number of ketones is 1. The van der Waals surface area contributed by atoms with Crippen LogP contribution in [0.15, 0.2) is 37.0 Å². The van der Waals surface area contributed by atoms with Gasteiger partial charge in [-0.2, -0.15) is 0 Å².